The van der Waals surface area contributed by atoms with Crippen LogP contribution in [0.5, 0.6) is 5.75 Å². The Morgan fingerprint density at radius 1 is 0.938 bits per heavy atom. The van der Waals surface area contributed by atoms with E-state index in [2.05, 4.69) is 38.7 Å². The minimum absolute atomic E-state index is 0.0206. The quantitative estimate of drug-likeness (QED) is 0.185. The topological polar surface area (TPSA) is 81.7 Å². The molecule has 2 aromatic heterocycles. The van der Waals surface area contributed by atoms with Crippen molar-refractivity contribution in [3.63, 3.8) is 0 Å². The van der Waals surface area contributed by atoms with E-state index in [-0.39, 0.29) is 5.02 Å². The number of ether oxygens (including phenoxy) is 1. The Kier molecular flexibility index (Phi) is 10.7. The number of hydrogen-bond acceptors (Lipinski definition) is 9. The molecule has 2 fully saturated rings. The van der Waals surface area contributed by atoms with E-state index in [1.54, 1.807) is 0 Å². The van der Waals surface area contributed by atoms with Crippen LogP contribution in [0.1, 0.15) is 36.8 Å². The first-order valence-corrected chi connectivity index (χ1v) is 16.9. The average Bonchev–Trinajstić information content (AvgIpc) is 3.08. The van der Waals surface area contributed by atoms with E-state index < -0.39 is 11.7 Å². The second-order valence-electron chi connectivity index (χ2n) is 12.7. The highest BCUT2D eigenvalue weighted by Crippen LogP contribution is 2.34. The molecule has 2 aliphatic rings. The van der Waals surface area contributed by atoms with Gasteiger partial charge in [0, 0.05) is 77.0 Å². The molecule has 1 aliphatic carbocycles. The summed E-state index contributed by atoms with van der Waals surface area (Å²) in [6.07, 6.45) is 0.692. The van der Waals surface area contributed by atoms with E-state index in [1.165, 1.54) is 5.56 Å². The summed E-state index contributed by atoms with van der Waals surface area (Å²) in [6, 6.07) is 18.1. The van der Waals surface area contributed by atoms with Crippen LogP contribution in [0.15, 0.2) is 60.8 Å². The van der Waals surface area contributed by atoms with Gasteiger partial charge in [-0.3, -0.25) is 4.90 Å². The number of alkyl halides is 3. The average molecular weight is 683 g/mol. The van der Waals surface area contributed by atoms with Crippen molar-refractivity contribution in [1.82, 2.24) is 25.2 Å². The van der Waals surface area contributed by atoms with Crippen molar-refractivity contribution in [2.45, 2.75) is 50.5 Å². The van der Waals surface area contributed by atoms with Crippen molar-refractivity contribution in [2.24, 2.45) is 0 Å². The van der Waals surface area contributed by atoms with Crippen molar-refractivity contribution < 1.29 is 17.9 Å². The van der Waals surface area contributed by atoms with Crippen LogP contribution < -0.4 is 25.2 Å². The number of nitrogens with one attached hydrogen (secondary N) is 2. The molecule has 0 atom stereocenters. The van der Waals surface area contributed by atoms with E-state index in [0.717, 1.165) is 86.6 Å². The summed E-state index contributed by atoms with van der Waals surface area (Å²) in [5.41, 5.74) is 1.33. The number of fused-ring (bicyclic) bond motifs is 1. The van der Waals surface area contributed by atoms with E-state index in [0.29, 0.717) is 43.5 Å². The van der Waals surface area contributed by atoms with Gasteiger partial charge in [-0.1, -0.05) is 35.9 Å². The number of halogens is 4. The number of rotatable bonds is 11. The number of nitrogens with zero attached hydrogens (tertiary/aromatic N) is 6. The molecule has 2 aromatic carbocycles. The van der Waals surface area contributed by atoms with Crippen LogP contribution in [0, 0.1) is 0 Å². The minimum Gasteiger partial charge on any atom is -0.492 e. The van der Waals surface area contributed by atoms with E-state index >= 15 is 0 Å². The summed E-state index contributed by atoms with van der Waals surface area (Å²) in [4.78, 5) is 19.8. The lowest BCUT2D eigenvalue weighted by atomic mass is 9.91. The van der Waals surface area contributed by atoms with Crippen LogP contribution in [-0.4, -0.2) is 85.4 Å². The summed E-state index contributed by atoms with van der Waals surface area (Å²) in [6.45, 7) is 4.88. The molecule has 0 bridgehead atoms. The Balaban J connectivity index is 0.882. The van der Waals surface area contributed by atoms with Gasteiger partial charge in [-0.15, -0.1) is 0 Å². The maximum atomic E-state index is 12.9. The van der Waals surface area contributed by atoms with Crippen molar-refractivity contribution in [2.75, 3.05) is 68.5 Å². The number of aromatic nitrogens is 3. The molecule has 0 spiro atoms. The van der Waals surface area contributed by atoms with Crippen molar-refractivity contribution >= 4 is 40.1 Å². The molecule has 4 aromatic rings. The Labute approximate surface area is 284 Å². The predicted octanol–water partition coefficient (Wildman–Crippen LogP) is 6.48. The Hall–Kier alpha value is -3.87. The molecule has 0 radical (unpaired) electrons. The highest BCUT2D eigenvalue weighted by atomic mass is 35.5. The lowest BCUT2D eigenvalue weighted by Gasteiger charge is -2.35. The number of piperazine rings is 1. The standard InChI is InChI=1S/C35H42ClF3N8O/c1-45(2)32-29-5-3-4-6-31(29)43-34(44-32)42-27-11-9-26(10-12-27)40-22-24-7-13-28(14-8-24)48-20-19-46-15-17-47(18-16-46)33-30(36)21-25(23-41-33)35(37,38)39/h3-8,13-14,21,23,26-27,40H,9-12,15-20,22H2,1-2H3,(H,42,43,44). The largest absolute Gasteiger partial charge is 0.492 e. The zero-order valence-electron chi connectivity index (χ0n) is 27.3. The summed E-state index contributed by atoms with van der Waals surface area (Å²) in [5.74, 6) is 2.84. The predicted molar refractivity (Wildman–Crippen MR) is 185 cm³/mol. The molecule has 48 heavy (non-hydrogen) atoms. The van der Waals surface area contributed by atoms with Gasteiger partial charge in [0.05, 0.1) is 16.1 Å². The van der Waals surface area contributed by atoms with E-state index in [9.17, 15) is 13.2 Å². The molecule has 9 nitrogen and oxygen atoms in total. The minimum atomic E-state index is -4.46. The van der Waals surface area contributed by atoms with Crippen LogP contribution in [0.2, 0.25) is 5.02 Å². The fourth-order valence-electron chi connectivity index (χ4n) is 6.35. The third-order valence-electron chi connectivity index (χ3n) is 9.08. The van der Waals surface area contributed by atoms with Crippen LogP contribution >= 0.6 is 11.6 Å². The van der Waals surface area contributed by atoms with Crippen molar-refractivity contribution in [3.8, 4) is 5.75 Å². The first-order chi connectivity index (χ1) is 23.1. The third kappa shape index (κ3) is 8.58. The zero-order chi connectivity index (χ0) is 33.7. The van der Waals surface area contributed by atoms with Gasteiger partial charge in [0.15, 0.2) is 0 Å². The van der Waals surface area contributed by atoms with Gasteiger partial charge in [-0.2, -0.15) is 18.2 Å². The maximum absolute atomic E-state index is 12.9. The number of pyridine rings is 1. The number of anilines is 3. The maximum Gasteiger partial charge on any atom is 0.417 e. The number of hydrogen-bond donors (Lipinski definition) is 2. The molecule has 1 aliphatic heterocycles. The summed E-state index contributed by atoms with van der Waals surface area (Å²) in [5, 5.41) is 8.39. The fraction of sp³-hybridized carbons (Fsp3) is 0.457. The molecule has 1 saturated heterocycles. The molecule has 1 saturated carbocycles. The van der Waals surface area contributed by atoms with Gasteiger partial charge in [-0.05, 0) is 61.6 Å². The molecule has 2 N–H and O–H groups in total. The van der Waals surface area contributed by atoms with Crippen LogP contribution in [0.3, 0.4) is 0 Å². The normalized spacial score (nSPS) is 19.0. The van der Waals surface area contributed by atoms with Gasteiger partial charge in [0.25, 0.3) is 0 Å². The molecule has 3 heterocycles. The Morgan fingerprint density at radius 2 is 1.65 bits per heavy atom. The van der Waals surface area contributed by atoms with Gasteiger partial charge >= 0.3 is 6.18 Å². The molecular weight excluding hydrogens is 641 g/mol. The zero-order valence-corrected chi connectivity index (χ0v) is 28.1. The van der Waals surface area contributed by atoms with Crippen LogP contribution in [-0.2, 0) is 12.7 Å². The second kappa shape index (κ2) is 15.1. The molecular formula is C35H42ClF3N8O. The van der Waals surface area contributed by atoms with Crippen LogP contribution in [0.25, 0.3) is 10.9 Å². The molecule has 256 valence electrons. The summed E-state index contributed by atoms with van der Waals surface area (Å²) in [7, 11) is 4.02. The van der Waals surface area contributed by atoms with Gasteiger partial charge in [0.1, 0.15) is 24.0 Å². The summed E-state index contributed by atoms with van der Waals surface area (Å²) >= 11 is 6.13. The highest BCUT2D eigenvalue weighted by molar-refractivity contribution is 6.33. The summed E-state index contributed by atoms with van der Waals surface area (Å²) < 4.78 is 44.8. The molecule has 13 heteroatoms. The molecule has 0 amide bonds. The van der Waals surface area contributed by atoms with E-state index in [4.69, 9.17) is 26.3 Å². The van der Waals surface area contributed by atoms with Gasteiger partial charge in [0.2, 0.25) is 5.95 Å². The van der Waals surface area contributed by atoms with Gasteiger partial charge < -0.3 is 25.2 Å². The number of benzene rings is 2. The third-order valence-corrected chi connectivity index (χ3v) is 9.36. The first kappa shape index (κ1) is 34.0. The smallest absolute Gasteiger partial charge is 0.417 e. The lowest BCUT2D eigenvalue weighted by molar-refractivity contribution is -0.137. The Morgan fingerprint density at radius 3 is 2.33 bits per heavy atom. The lowest BCUT2D eigenvalue weighted by Crippen LogP contribution is -2.47. The van der Waals surface area contributed by atoms with Gasteiger partial charge in [-0.25, -0.2) is 9.97 Å². The van der Waals surface area contributed by atoms with Crippen molar-refractivity contribution in [1.29, 1.82) is 0 Å². The first-order valence-electron chi connectivity index (χ1n) is 16.5. The Bertz CT molecular complexity index is 1660. The van der Waals surface area contributed by atoms with Crippen molar-refractivity contribution in [3.05, 3.63) is 76.9 Å². The van der Waals surface area contributed by atoms with Crippen LogP contribution in [0.4, 0.5) is 30.8 Å². The highest BCUT2D eigenvalue weighted by Gasteiger charge is 2.32. The fourth-order valence-corrected chi connectivity index (χ4v) is 6.64. The van der Waals surface area contributed by atoms with E-state index in [1.807, 2.05) is 54.2 Å². The SMILES string of the molecule is CN(C)c1nc(NC2CCC(NCc3ccc(OCCN4CCN(c5ncc(C(F)(F)F)cc5Cl)CC4)cc3)CC2)nc2ccccc12. The molecule has 0 unspecified atom stereocenters. The number of para-hydroxylation sites is 1. The monoisotopic (exact) mass is 682 g/mol. The molecule has 6 rings (SSSR count). The second-order valence-corrected chi connectivity index (χ2v) is 13.1.